The Hall–Kier alpha value is -1.54. The topological polar surface area (TPSA) is 85.4 Å². The third-order valence-corrected chi connectivity index (χ3v) is 3.47. The van der Waals surface area contributed by atoms with Gasteiger partial charge in [-0.2, -0.15) is 4.72 Å². The minimum Gasteiger partial charge on any atom is -0.465 e. The van der Waals surface area contributed by atoms with Crippen LogP contribution in [0.5, 0.6) is 0 Å². The molecule has 1 aromatic rings. The van der Waals surface area contributed by atoms with Gasteiger partial charge >= 0.3 is 5.97 Å². The first-order valence-electron chi connectivity index (χ1n) is 5.16. The maximum atomic E-state index is 12.9. The van der Waals surface area contributed by atoms with Gasteiger partial charge < -0.3 is 4.74 Å². The zero-order chi connectivity index (χ0) is 13.8. The van der Waals surface area contributed by atoms with Crippen molar-refractivity contribution in [3.63, 3.8) is 0 Å². The van der Waals surface area contributed by atoms with Crippen LogP contribution < -0.4 is 4.72 Å². The van der Waals surface area contributed by atoms with E-state index in [4.69, 9.17) is 0 Å². The van der Waals surface area contributed by atoms with Crippen molar-refractivity contribution in [1.82, 2.24) is 9.71 Å². The average Bonchev–Trinajstić information content (AvgIpc) is 2.28. The second-order valence-electron chi connectivity index (χ2n) is 3.43. The van der Waals surface area contributed by atoms with Crippen LogP contribution in [0.3, 0.4) is 0 Å². The third-order valence-electron chi connectivity index (χ3n) is 1.96. The lowest BCUT2D eigenvalue weighted by atomic mass is 10.4. The second-order valence-corrected chi connectivity index (χ2v) is 5.15. The summed E-state index contributed by atoms with van der Waals surface area (Å²) in [5.41, 5.74) is 0. The number of aromatic nitrogens is 1. The molecule has 0 aromatic carbocycles. The fourth-order valence-corrected chi connectivity index (χ4v) is 2.32. The van der Waals surface area contributed by atoms with Crippen molar-refractivity contribution in [3.05, 3.63) is 24.3 Å². The molecule has 1 atom stereocenters. The third kappa shape index (κ3) is 3.74. The summed E-state index contributed by atoms with van der Waals surface area (Å²) in [5, 5.41) is 0. The Morgan fingerprint density at radius 1 is 1.56 bits per heavy atom. The van der Waals surface area contributed by atoms with Gasteiger partial charge in [0, 0.05) is 6.20 Å². The number of nitrogens with zero attached hydrogens (tertiary/aromatic N) is 1. The van der Waals surface area contributed by atoms with Gasteiger partial charge in [0.25, 0.3) is 0 Å². The summed E-state index contributed by atoms with van der Waals surface area (Å²) in [4.78, 5) is 14.4. The maximum absolute atomic E-state index is 12.9. The molecule has 0 spiro atoms. The quantitative estimate of drug-likeness (QED) is 0.789. The maximum Gasteiger partial charge on any atom is 0.323 e. The van der Waals surface area contributed by atoms with Gasteiger partial charge in [0.1, 0.15) is 16.8 Å². The van der Waals surface area contributed by atoms with Gasteiger partial charge in [0.05, 0.1) is 12.8 Å². The molecule has 0 fully saturated rings. The molecule has 0 saturated heterocycles. The minimum atomic E-state index is -4.00. The standard InChI is InChI=1S/C10H13FN2O4S/c1-3-17-10(14)7(2)13-18(15,16)9-4-8(11)5-12-6-9/h4-7,13H,3H2,1-2H3. The van der Waals surface area contributed by atoms with Gasteiger partial charge in [0.2, 0.25) is 10.0 Å². The summed E-state index contributed by atoms with van der Waals surface area (Å²) in [6.45, 7) is 3.09. The fourth-order valence-electron chi connectivity index (χ4n) is 1.16. The highest BCUT2D eigenvalue weighted by atomic mass is 32.2. The van der Waals surface area contributed by atoms with Gasteiger partial charge in [-0.15, -0.1) is 0 Å². The molecule has 6 nitrogen and oxygen atoms in total. The molecule has 1 unspecified atom stereocenters. The molecule has 1 heterocycles. The molecule has 0 amide bonds. The zero-order valence-corrected chi connectivity index (χ0v) is 10.7. The second kappa shape index (κ2) is 5.87. The van der Waals surface area contributed by atoms with Crippen LogP contribution >= 0.6 is 0 Å². The highest BCUT2D eigenvalue weighted by Gasteiger charge is 2.23. The molecular weight excluding hydrogens is 263 g/mol. The van der Waals surface area contributed by atoms with Crippen molar-refractivity contribution < 1.29 is 22.3 Å². The Labute approximate surface area is 104 Å². The predicted octanol–water partition coefficient (Wildman–Crippen LogP) is 0.451. The summed E-state index contributed by atoms with van der Waals surface area (Å²) >= 11 is 0. The molecule has 0 aliphatic rings. The number of halogens is 1. The number of hydrogen-bond acceptors (Lipinski definition) is 5. The molecule has 0 saturated carbocycles. The average molecular weight is 276 g/mol. The normalized spacial score (nSPS) is 13.1. The van der Waals surface area contributed by atoms with E-state index in [-0.39, 0.29) is 11.5 Å². The molecule has 100 valence electrons. The molecule has 0 bridgehead atoms. The Balaban J connectivity index is 2.86. The predicted molar refractivity (Wildman–Crippen MR) is 60.6 cm³/mol. The number of sulfonamides is 1. The summed E-state index contributed by atoms with van der Waals surface area (Å²) in [6.07, 6.45) is 1.87. The van der Waals surface area contributed by atoms with Gasteiger partial charge in [-0.25, -0.2) is 12.8 Å². The van der Waals surface area contributed by atoms with Crippen molar-refractivity contribution in [2.24, 2.45) is 0 Å². The number of pyridine rings is 1. The van der Waals surface area contributed by atoms with E-state index >= 15 is 0 Å². The van der Waals surface area contributed by atoms with Gasteiger partial charge in [-0.1, -0.05) is 0 Å². The van der Waals surface area contributed by atoms with Crippen LogP contribution in [0.2, 0.25) is 0 Å². The van der Waals surface area contributed by atoms with E-state index in [1.165, 1.54) is 6.92 Å². The van der Waals surface area contributed by atoms with Crippen LogP contribution in [0, 0.1) is 5.82 Å². The molecule has 0 aliphatic heterocycles. The smallest absolute Gasteiger partial charge is 0.323 e. The van der Waals surface area contributed by atoms with Gasteiger partial charge in [0.15, 0.2) is 0 Å². The van der Waals surface area contributed by atoms with Crippen molar-refractivity contribution in [2.75, 3.05) is 6.61 Å². The van der Waals surface area contributed by atoms with Gasteiger partial charge in [-0.3, -0.25) is 9.78 Å². The summed E-state index contributed by atoms with van der Waals surface area (Å²) in [5.74, 6) is -1.48. The van der Waals surface area contributed by atoms with Crippen LogP contribution in [0.1, 0.15) is 13.8 Å². The van der Waals surface area contributed by atoms with Crippen LogP contribution in [0.25, 0.3) is 0 Å². The Kier molecular flexibility index (Phi) is 4.74. The number of hydrogen-bond donors (Lipinski definition) is 1. The van der Waals surface area contributed by atoms with Crippen LogP contribution in [-0.2, 0) is 19.6 Å². The first-order valence-corrected chi connectivity index (χ1v) is 6.64. The van der Waals surface area contributed by atoms with Crippen molar-refractivity contribution in [3.8, 4) is 0 Å². The van der Waals surface area contributed by atoms with E-state index in [1.54, 1.807) is 6.92 Å². The van der Waals surface area contributed by atoms with E-state index in [0.717, 1.165) is 18.5 Å². The highest BCUT2D eigenvalue weighted by Crippen LogP contribution is 2.09. The Morgan fingerprint density at radius 3 is 2.78 bits per heavy atom. The number of rotatable bonds is 5. The molecule has 1 N–H and O–H groups in total. The summed E-state index contributed by atoms with van der Waals surface area (Å²) < 4.78 is 43.2. The lowest BCUT2D eigenvalue weighted by Gasteiger charge is -2.12. The van der Waals surface area contributed by atoms with Crippen molar-refractivity contribution >= 4 is 16.0 Å². The molecule has 1 rings (SSSR count). The lowest BCUT2D eigenvalue weighted by molar-refractivity contribution is -0.144. The largest absolute Gasteiger partial charge is 0.465 e. The van der Waals surface area contributed by atoms with E-state index < -0.39 is 27.9 Å². The van der Waals surface area contributed by atoms with Crippen LogP contribution in [-0.4, -0.2) is 32.0 Å². The van der Waals surface area contributed by atoms with E-state index in [9.17, 15) is 17.6 Å². The van der Waals surface area contributed by atoms with E-state index in [2.05, 4.69) is 14.4 Å². The SMILES string of the molecule is CCOC(=O)C(C)NS(=O)(=O)c1cncc(F)c1. The summed E-state index contributed by atoms with van der Waals surface area (Å²) in [6, 6.07) is -0.245. The molecule has 0 radical (unpaired) electrons. The monoisotopic (exact) mass is 276 g/mol. The fraction of sp³-hybridized carbons (Fsp3) is 0.400. The Morgan fingerprint density at radius 2 is 2.22 bits per heavy atom. The number of esters is 1. The van der Waals surface area contributed by atoms with Gasteiger partial charge in [-0.05, 0) is 19.9 Å². The van der Waals surface area contributed by atoms with Crippen molar-refractivity contribution in [1.29, 1.82) is 0 Å². The number of carbonyl (C=O) groups excluding carboxylic acids is 1. The Bertz CT molecular complexity index is 532. The van der Waals surface area contributed by atoms with E-state index in [0.29, 0.717) is 0 Å². The first kappa shape index (κ1) is 14.5. The lowest BCUT2D eigenvalue weighted by Crippen LogP contribution is -2.39. The number of carbonyl (C=O) groups is 1. The molecule has 8 heteroatoms. The minimum absolute atomic E-state index is 0.145. The van der Waals surface area contributed by atoms with Crippen molar-refractivity contribution in [2.45, 2.75) is 24.8 Å². The number of ether oxygens (including phenoxy) is 1. The highest BCUT2D eigenvalue weighted by molar-refractivity contribution is 7.89. The first-order chi connectivity index (χ1) is 8.36. The van der Waals surface area contributed by atoms with E-state index in [1.807, 2.05) is 0 Å². The molecule has 1 aromatic heterocycles. The number of nitrogens with one attached hydrogen (secondary N) is 1. The van der Waals surface area contributed by atoms with Crippen LogP contribution in [0.15, 0.2) is 23.4 Å². The molecule has 0 aliphatic carbocycles. The zero-order valence-electron chi connectivity index (χ0n) is 9.88. The molecule has 18 heavy (non-hydrogen) atoms. The summed E-state index contributed by atoms with van der Waals surface area (Å²) in [7, 11) is -4.00. The van der Waals surface area contributed by atoms with Crippen LogP contribution in [0.4, 0.5) is 4.39 Å². The molecular formula is C10H13FN2O4S.